The lowest BCUT2D eigenvalue weighted by atomic mass is 10.1. The normalized spacial score (nSPS) is 17.8. The SMILES string of the molecule is Cc1cc([N+](=O)[O-])ccc1N1C(=O)[C@H](C)S/C1=N\NC(=O)c1ccccc1O. The minimum Gasteiger partial charge on any atom is -0.507 e. The second-order valence-corrected chi connectivity index (χ2v) is 7.32. The van der Waals surface area contributed by atoms with Gasteiger partial charge in [0, 0.05) is 12.1 Å². The summed E-state index contributed by atoms with van der Waals surface area (Å²) in [6, 6.07) is 10.2. The molecule has 1 saturated heterocycles. The van der Waals surface area contributed by atoms with Crippen molar-refractivity contribution in [2.75, 3.05) is 4.90 Å². The van der Waals surface area contributed by atoms with E-state index in [-0.39, 0.29) is 28.1 Å². The van der Waals surface area contributed by atoms with Crippen molar-refractivity contribution in [2.45, 2.75) is 19.1 Å². The Bertz CT molecular complexity index is 1010. The number of hydrogen-bond acceptors (Lipinski definition) is 7. The number of benzene rings is 2. The summed E-state index contributed by atoms with van der Waals surface area (Å²) in [5.74, 6) is -1.07. The third kappa shape index (κ3) is 3.67. The van der Waals surface area contributed by atoms with Gasteiger partial charge in [-0.25, -0.2) is 5.43 Å². The van der Waals surface area contributed by atoms with Crippen LogP contribution < -0.4 is 10.3 Å². The predicted octanol–water partition coefficient (Wildman–Crippen LogP) is 2.78. The summed E-state index contributed by atoms with van der Waals surface area (Å²) in [5.41, 5.74) is 3.27. The Hall–Kier alpha value is -3.40. The van der Waals surface area contributed by atoms with Gasteiger partial charge in [-0.05, 0) is 37.6 Å². The van der Waals surface area contributed by atoms with Crippen LogP contribution in [0.2, 0.25) is 0 Å². The van der Waals surface area contributed by atoms with Crippen LogP contribution in [0.15, 0.2) is 47.6 Å². The molecule has 0 aromatic heterocycles. The highest BCUT2D eigenvalue weighted by Crippen LogP contribution is 2.34. The molecule has 0 bridgehead atoms. The van der Waals surface area contributed by atoms with Gasteiger partial charge < -0.3 is 5.11 Å². The Morgan fingerprint density at radius 2 is 2.04 bits per heavy atom. The summed E-state index contributed by atoms with van der Waals surface area (Å²) in [6.45, 7) is 3.36. The number of carbonyl (C=O) groups excluding carboxylic acids is 2. The fourth-order valence-electron chi connectivity index (χ4n) is 2.66. The highest BCUT2D eigenvalue weighted by molar-refractivity contribution is 8.16. The molecule has 1 aliphatic rings. The largest absolute Gasteiger partial charge is 0.507 e. The van der Waals surface area contributed by atoms with Crippen molar-refractivity contribution in [1.82, 2.24) is 5.43 Å². The quantitative estimate of drug-likeness (QED) is 0.600. The number of amides is 2. The number of hydrazone groups is 1. The van der Waals surface area contributed by atoms with Gasteiger partial charge in [-0.3, -0.25) is 24.6 Å². The molecule has 1 heterocycles. The van der Waals surface area contributed by atoms with Crippen molar-refractivity contribution in [3.05, 3.63) is 63.7 Å². The molecule has 0 unspecified atom stereocenters. The molecule has 1 fully saturated rings. The number of nitro benzene ring substituents is 1. The molecule has 28 heavy (non-hydrogen) atoms. The molecule has 0 aliphatic carbocycles. The summed E-state index contributed by atoms with van der Waals surface area (Å²) in [7, 11) is 0. The zero-order chi connectivity index (χ0) is 20.4. The molecule has 144 valence electrons. The fraction of sp³-hybridized carbons (Fsp3) is 0.167. The highest BCUT2D eigenvalue weighted by atomic mass is 32.2. The maximum Gasteiger partial charge on any atom is 0.275 e. The lowest BCUT2D eigenvalue weighted by Crippen LogP contribution is -2.33. The molecule has 0 radical (unpaired) electrons. The van der Waals surface area contributed by atoms with E-state index < -0.39 is 16.1 Å². The van der Waals surface area contributed by atoms with E-state index in [1.165, 1.54) is 35.2 Å². The van der Waals surface area contributed by atoms with Gasteiger partial charge in [0.2, 0.25) is 5.91 Å². The molecule has 1 atom stereocenters. The fourth-order valence-corrected chi connectivity index (χ4v) is 3.58. The highest BCUT2D eigenvalue weighted by Gasteiger charge is 2.37. The molecule has 2 N–H and O–H groups in total. The number of non-ortho nitro benzene ring substituents is 1. The van der Waals surface area contributed by atoms with Gasteiger partial charge in [-0.15, -0.1) is 5.10 Å². The van der Waals surface area contributed by atoms with Gasteiger partial charge in [-0.2, -0.15) is 0 Å². The van der Waals surface area contributed by atoms with Crippen molar-refractivity contribution in [2.24, 2.45) is 5.10 Å². The van der Waals surface area contributed by atoms with E-state index in [0.717, 1.165) is 11.8 Å². The van der Waals surface area contributed by atoms with E-state index in [1.54, 1.807) is 26.0 Å². The molecule has 0 spiro atoms. The monoisotopic (exact) mass is 400 g/mol. The predicted molar refractivity (Wildman–Crippen MR) is 105 cm³/mol. The van der Waals surface area contributed by atoms with E-state index in [4.69, 9.17) is 0 Å². The number of hydrogen-bond donors (Lipinski definition) is 2. The minimum atomic E-state index is -0.626. The Morgan fingerprint density at radius 1 is 1.32 bits per heavy atom. The number of carbonyl (C=O) groups is 2. The number of thioether (sulfide) groups is 1. The zero-order valence-corrected chi connectivity index (χ0v) is 15.8. The van der Waals surface area contributed by atoms with Crippen LogP contribution in [0, 0.1) is 17.0 Å². The van der Waals surface area contributed by atoms with E-state index >= 15 is 0 Å². The van der Waals surface area contributed by atoms with Crippen molar-refractivity contribution in [3.63, 3.8) is 0 Å². The molecule has 2 aromatic rings. The standard InChI is InChI=1S/C18H16N4O5S/c1-10-9-12(22(26)27)7-8-14(10)21-17(25)11(2)28-18(21)20-19-16(24)13-5-3-4-6-15(13)23/h3-9,11,23H,1-2H3,(H,19,24)/b20-18-/t11-/m0/s1. The van der Waals surface area contributed by atoms with Crippen LogP contribution in [0.3, 0.4) is 0 Å². The van der Waals surface area contributed by atoms with Crippen LogP contribution in [0.25, 0.3) is 0 Å². The average Bonchev–Trinajstić information content (AvgIpc) is 2.94. The van der Waals surface area contributed by atoms with E-state index in [0.29, 0.717) is 11.3 Å². The molecule has 0 saturated carbocycles. The van der Waals surface area contributed by atoms with Crippen LogP contribution in [-0.4, -0.2) is 32.3 Å². The van der Waals surface area contributed by atoms with Gasteiger partial charge in [0.25, 0.3) is 11.6 Å². The third-order valence-corrected chi connectivity index (χ3v) is 5.12. The van der Waals surface area contributed by atoms with Crippen LogP contribution in [0.4, 0.5) is 11.4 Å². The summed E-state index contributed by atoms with van der Waals surface area (Å²) in [6.07, 6.45) is 0. The van der Waals surface area contributed by atoms with Crippen LogP contribution in [0.1, 0.15) is 22.8 Å². The van der Waals surface area contributed by atoms with Crippen molar-refractivity contribution in [3.8, 4) is 5.75 Å². The molecule has 2 amide bonds. The first-order valence-electron chi connectivity index (χ1n) is 8.21. The molecule has 10 heteroatoms. The van der Waals surface area contributed by atoms with Gasteiger partial charge in [0.15, 0.2) is 5.17 Å². The Labute approximate surface area is 164 Å². The average molecular weight is 400 g/mol. The number of para-hydroxylation sites is 1. The van der Waals surface area contributed by atoms with Gasteiger partial charge in [-0.1, -0.05) is 23.9 Å². The van der Waals surface area contributed by atoms with E-state index in [2.05, 4.69) is 10.5 Å². The number of phenolic OH excluding ortho intramolecular Hbond substituents is 1. The van der Waals surface area contributed by atoms with Crippen molar-refractivity contribution < 1.29 is 19.6 Å². The molecular weight excluding hydrogens is 384 g/mol. The first-order chi connectivity index (χ1) is 13.3. The summed E-state index contributed by atoms with van der Waals surface area (Å²) < 4.78 is 0. The molecule has 2 aromatic carbocycles. The Balaban J connectivity index is 1.91. The van der Waals surface area contributed by atoms with Crippen LogP contribution in [-0.2, 0) is 4.79 Å². The second kappa shape index (κ2) is 7.69. The van der Waals surface area contributed by atoms with Crippen LogP contribution >= 0.6 is 11.8 Å². The summed E-state index contributed by atoms with van der Waals surface area (Å²) in [4.78, 5) is 36.6. The first kappa shape index (κ1) is 19.4. The Kier molecular flexibility index (Phi) is 5.32. The Morgan fingerprint density at radius 3 is 2.68 bits per heavy atom. The number of anilines is 1. The number of nitrogens with one attached hydrogen (secondary N) is 1. The topological polar surface area (TPSA) is 125 Å². The van der Waals surface area contributed by atoms with Gasteiger partial charge in [0.1, 0.15) is 5.75 Å². The maximum atomic E-state index is 12.6. The first-order valence-corrected chi connectivity index (χ1v) is 9.09. The number of phenols is 1. The minimum absolute atomic E-state index is 0.0484. The maximum absolute atomic E-state index is 12.6. The van der Waals surface area contributed by atoms with Crippen LogP contribution in [0.5, 0.6) is 5.75 Å². The third-order valence-electron chi connectivity index (χ3n) is 4.08. The van der Waals surface area contributed by atoms with Gasteiger partial charge >= 0.3 is 0 Å². The lowest BCUT2D eigenvalue weighted by Gasteiger charge is -2.18. The number of nitrogens with zero attached hydrogens (tertiary/aromatic N) is 3. The summed E-state index contributed by atoms with van der Waals surface area (Å²) in [5, 5.41) is 24.5. The number of aryl methyl sites for hydroxylation is 1. The zero-order valence-electron chi connectivity index (χ0n) is 14.9. The lowest BCUT2D eigenvalue weighted by molar-refractivity contribution is -0.384. The molecule has 1 aliphatic heterocycles. The molecule has 3 rings (SSSR count). The smallest absolute Gasteiger partial charge is 0.275 e. The van der Waals surface area contributed by atoms with E-state index in [1.807, 2.05) is 0 Å². The summed E-state index contributed by atoms with van der Waals surface area (Å²) >= 11 is 1.15. The second-order valence-electron chi connectivity index (χ2n) is 6.01. The number of rotatable bonds is 4. The number of nitro groups is 1. The van der Waals surface area contributed by atoms with E-state index in [9.17, 15) is 24.8 Å². The molecular formula is C18H16N4O5S. The van der Waals surface area contributed by atoms with Crippen molar-refractivity contribution in [1.29, 1.82) is 0 Å². The van der Waals surface area contributed by atoms with Gasteiger partial charge in [0.05, 0.1) is 21.4 Å². The number of amidine groups is 1. The van der Waals surface area contributed by atoms with Crippen molar-refractivity contribution >= 4 is 40.1 Å². The molecule has 9 nitrogen and oxygen atoms in total. The number of aromatic hydroxyl groups is 1.